The first-order valence-corrected chi connectivity index (χ1v) is 11.0. The number of hydrogen-bond donors (Lipinski definition) is 1. The SMILES string of the molecule is COc1ccc(C)cc1N(CC(=O)NC(C)C(C)C)S(=O)(=O)c1ccc(C)cc1. The Bertz CT molecular complexity index is 953. The molecule has 0 saturated carbocycles. The van der Waals surface area contributed by atoms with E-state index in [4.69, 9.17) is 4.74 Å². The molecule has 1 unspecified atom stereocenters. The molecule has 0 saturated heterocycles. The first kappa shape index (κ1) is 22.7. The maximum atomic E-state index is 13.5. The first-order valence-electron chi connectivity index (χ1n) is 9.59. The third-order valence-electron chi connectivity index (χ3n) is 4.89. The number of amides is 1. The van der Waals surface area contributed by atoms with E-state index in [-0.39, 0.29) is 29.3 Å². The molecule has 2 rings (SSSR count). The van der Waals surface area contributed by atoms with Gasteiger partial charge in [-0.1, -0.05) is 37.6 Å². The quantitative estimate of drug-likeness (QED) is 0.710. The number of carbonyl (C=O) groups excluding carboxylic acids is 1. The van der Waals surface area contributed by atoms with Crippen molar-refractivity contribution < 1.29 is 17.9 Å². The predicted octanol–water partition coefficient (Wildman–Crippen LogP) is 3.67. The molecule has 158 valence electrons. The maximum absolute atomic E-state index is 13.5. The van der Waals surface area contributed by atoms with Gasteiger partial charge in [0.15, 0.2) is 0 Å². The van der Waals surface area contributed by atoms with E-state index in [1.165, 1.54) is 7.11 Å². The monoisotopic (exact) mass is 418 g/mol. The van der Waals surface area contributed by atoms with E-state index in [2.05, 4.69) is 5.32 Å². The van der Waals surface area contributed by atoms with Crippen molar-refractivity contribution in [3.8, 4) is 5.75 Å². The highest BCUT2D eigenvalue weighted by atomic mass is 32.2. The molecule has 0 aliphatic carbocycles. The zero-order valence-electron chi connectivity index (χ0n) is 17.9. The summed E-state index contributed by atoms with van der Waals surface area (Å²) in [6.07, 6.45) is 0. The Morgan fingerprint density at radius 2 is 1.62 bits per heavy atom. The molecule has 29 heavy (non-hydrogen) atoms. The second-order valence-corrected chi connectivity index (χ2v) is 9.46. The van der Waals surface area contributed by atoms with Gasteiger partial charge in [-0.05, 0) is 56.5 Å². The van der Waals surface area contributed by atoms with Gasteiger partial charge in [0.1, 0.15) is 12.3 Å². The summed E-state index contributed by atoms with van der Waals surface area (Å²) < 4.78 is 33.4. The molecule has 0 bridgehead atoms. The van der Waals surface area contributed by atoms with Gasteiger partial charge in [-0.3, -0.25) is 9.10 Å². The lowest BCUT2D eigenvalue weighted by molar-refractivity contribution is -0.120. The lowest BCUT2D eigenvalue weighted by Crippen LogP contribution is -2.45. The number of carbonyl (C=O) groups is 1. The van der Waals surface area contributed by atoms with Crippen LogP contribution in [0.2, 0.25) is 0 Å². The van der Waals surface area contributed by atoms with Gasteiger partial charge in [0.2, 0.25) is 5.91 Å². The number of rotatable bonds is 8. The van der Waals surface area contributed by atoms with Gasteiger partial charge in [0.05, 0.1) is 17.7 Å². The van der Waals surface area contributed by atoms with E-state index < -0.39 is 10.0 Å². The van der Waals surface area contributed by atoms with Crippen molar-refractivity contribution in [2.75, 3.05) is 18.0 Å². The van der Waals surface area contributed by atoms with Crippen molar-refractivity contribution in [1.82, 2.24) is 5.32 Å². The van der Waals surface area contributed by atoms with Gasteiger partial charge in [0, 0.05) is 6.04 Å². The van der Waals surface area contributed by atoms with Gasteiger partial charge < -0.3 is 10.1 Å². The van der Waals surface area contributed by atoms with E-state index in [9.17, 15) is 13.2 Å². The fraction of sp³-hybridized carbons (Fsp3) is 0.409. The molecule has 1 amide bonds. The van der Waals surface area contributed by atoms with E-state index in [0.29, 0.717) is 11.4 Å². The van der Waals surface area contributed by atoms with Crippen LogP contribution in [0, 0.1) is 19.8 Å². The van der Waals surface area contributed by atoms with Crippen LogP contribution in [0.5, 0.6) is 5.75 Å². The number of hydrogen-bond acceptors (Lipinski definition) is 4. The number of aryl methyl sites for hydroxylation is 2. The third kappa shape index (κ3) is 5.50. The van der Waals surface area contributed by atoms with Crippen LogP contribution < -0.4 is 14.4 Å². The molecule has 1 atom stereocenters. The van der Waals surface area contributed by atoms with Crippen molar-refractivity contribution in [3.05, 3.63) is 53.6 Å². The van der Waals surface area contributed by atoms with Crippen molar-refractivity contribution in [1.29, 1.82) is 0 Å². The van der Waals surface area contributed by atoms with Crippen LogP contribution in [0.25, 0.3) is 0 Å². The van der Waals surface area contributed by atoms with Crippen LogP contribution in [0.3, 0.4) is 0 Å². The second-order valence-electron chi connectivity index (χ2n) is 7.60. The van der Waals surface area contributed by atoms with Crippen LogP contribution >= 0.6 is 0 Å². The Labute approximate surface area is 173 Å². The largest absolute Gasteiger partial charge is 0.495 e. The maximum Gasteiger partial charge on any atom is 0.264 e. The Kier molecular flexibility index (Phi) is 7.30. The van der Waals surface area contributed by atoms with E-state index in [1.54, 1.807) is 36.4 Å². The third-order valence-corrected chi connectivity index (χ3v) is 6.66. The minimum atomic E-state index is -3.98. The van der Waals surface area contributed by atoms with E-state index >= 15 is 0 Å². The molecule has 0 radical (unpaired) electrons. The molecule has 6 nitrogen and oxygen atoms in total. The van der Waals surface area contributed by atoms with Gasteiger partial charge in [-0.15, -0.1) is 0 Å². The molecular formula is C22H30N2O4S. The molecule has 0 fully saturated rings. The summed E-state index contributed by atoms with van der Waals surface area (Å²) in [7, 11) is -2.50. The zero-order chi connectivity index (χ0) is 21.8. The molecule has 0 aliphatic rings. The van der Waals surface area contributed by atoms with Crippen LogP contribution in [0.1, 0.15) is 31.9 Å². The summed E-state index contributed by atoms with van der Waals surface area (Å²) in [6.45, 7) is 9.30. The molecule has 0 aliphatic heterocycles. The van der Waals surface area contributed by atoms with Crippen LogP contribution in [-0.2, 0) is 14.8 Å². The van der Waals surface area contributed by atoms with Crippen LogP contribution in [0.4, 0.5) is 5.69 Å². The zero-order valence-corrected chi connectivity index (χ0v) is 18.7. The number of sulfonamides is 1. The average molecular weight is 419 g/mol. The Balaban J connectivity index is 2.53. The van der Waals surface area contributed by atoms with Gasteiger partial charge >= 0.3 is 0 Å². The summed E-state index contributed by atoms with van der Waals surface area (Å²) in [6, 6.07) is 11.7. The van der Waals surface area contributed by atoms with Crippen molar-refractivity contribution in [3.63, 3.8) is 0 Å². The number of nitrogens with one attached hydrogen (secondary N) is 1. The van der Waals surface area contributed by atoms with Gasteiger partial charge in [-0.25, -0.2) is 8.42 Å². The standard InChI is InChI=1S/C22H30N2O4S/c1-15(2)18(5)23-22(25)14-24(20-13-17(4)9-12-21(20)28-6)29(26,27)19-10-7-16(3)8-11-19/h7-13,15,18H,14H2,1-6H3,(H,23,25). The molecular weight excluding hydrogens is 388 g/mol. The normalized spacial score (nSPS) is 12.5. The lowest BCUT2D eigenvalue weighted by atomic mass is 10.1. The molecule has 0 spiro atoms. The number of methoxy groups -OCH3 is 1. The molecule has 7 heteroatoms. The molecule has 0 aromatic heterocycles. The summed E-state index contributed by atoms with van der Waals surface area (Å²) in [5.41, 5.74) is 2.15. The fourth-order valence-corrected chi connectivity index (χ4v) is 4.15. The molecule has 2 aromatic rings. The summed E-state index contributed by atoms with van der Waals surface area (Å²) in [5.74, 6) is 0.246. The average Bonchev–Trinajstić information content (AvgIpc) is 2.66. The highest BCUT2D eigenvalue weighted by Crippen LogP contribution is 2.33. The second kappa shape index (κ2) is 9.31. The highest BCUT2D eigenvalue weighted by Gasteiger charge is 2.30. The summed E-state index contributed by atoms with van der Waals surface area (Å²) >= 11 is 0. The number of anilines is 1. The topological polar surface area (TPSA) is 75.7 Å². The van der Waals surface area contributed by atoms with Crippen molar-refractivity contribution in [2.24, 2.45) is 5.92 Å². The summed E-state index contributed by atoms with van der Waals surface area (Å²) in [4.78, 5) is 12.8. The number of ether oxygens (including phenoxy) is 1. The van der Waals surface area contributed by atoms with Crippen LogP contribution in [-0.4, -0.2) is 34.0 Å². The number of nitrogens with zero attached hydrogens (tertiary/aromatic N) is 1. The predicted molar refractivity (Wildman–Crippen MR) is 116 cm³/mol. The smallest absolute Gasteiger partial charge is 0.264 e. The van der Waals surface area contributed by atoms with Crippen molar-refractivity contribution >= 4 is 21.6 Å². The Morgan fingerprint density at radius 3 is 2.17 bits per heavy atom. The molecule has 0 heterocycles. The van der Waals surface area contributed by atoms with E-state index in [1.807, 2.05) is 40.7 Å². The van der Waals surface area contributed by atoms with Crippen molar-refractivity contribution in [2.45, 2.75) is 45.6 Å². The van der Waals surface area contributed by atoms with Gasteiger partial charge in [-0.2, -0.15) is 0 Å². The molecule has 2 aromatic carbocycles. The lowest BCUT2D eigenvalue weighted by Gasteiger charge is -2.27. The number of benzene rings is 2. The minimum absolute atomic E-state index is 0.0779. The fourth-order valence-electron chi connectivity index (χ4n) is 2.73. The Hall–Kier alpha value is -2.54. The first-order chi connectivity index (χ1) is 13.6. The van der Waals surface area contributed by atoms with E-state index in [0.717, 1.165) is 15.4 Å². The summed E-state index contributed by atoms with van der Waals surface area (Å²) in [5, 5.41) is 2.88. The Morgan fingerprint density at radius 1 is 1.03 bits per heavy atom. The minimum Gasteiger partial charge on any atom is -0.495 e. The molecule has 1 N–H and O–H groups in total. The van der Waals surface area contributed by atoms with Crippen LogP contribution in [0.15, 0.2) is 47.4 Å². The van der Waals surface area contributed by atoms with Gasteiger partial charge in [0.25, 0.3) is 10.0 Å². The highest BCUT2D eigenvalue weighted by molar-refractivity contribution is 7.92.